The fraction of sp³-hybridized carbons (Fsp3) is 0.229. The van der Waals surface area contributed by atoms with Crippen LogP contribution in [0.15, 0.2) is 89.7 Å². The second kappa shape index (κ2) is 14.1. The maximum Gasteiger partial charge on any atom is 0.416 e. The van der Waals surface area contributed by atoms with Gasteiger partial charge in [0.1, 0.15) is 29.5 Å². The zero-order chi connectivity index (χ0) is 35.5. The van der Waals surface area contributed by atoms with E-state index in [4.69, 9.17) is 14.0 Å². The molecule has 4 heterocycles. The summed E-state index contributed by atoms with van der Waals surface area (Å²) in [6.07, 6.45) is -4.24. The van der Waals surface area contributed by atoms with E-state index in [1.165, 1.54) is 24.5 Å². The first kappa shape index (κ1) is 33.6. The van der Waals surface area contributed by atoms with Gasteiger partial charge in [-0.2, -0.15) is 18.2 Å². The molecule has 3 aromatic carbocycles. The molecular weight excluding hydrogens is 677 g/mol. The highest BCUT2D eigenvalue weighted by Crippen LogP contribution is 2.31. The number of hydrogen-bond donors (Lipinski definition) is 1. The van der Waals surface area contributed by atoms with Crippen LogP contribution in [0.4, 0.5) is 22.0 Å². The molecule has 0 aliphatic carbocycles. The van der Waals surface area contributed by atoms with Crippen LogP contribution in [0.25, 0.3) is 33.9 Å². The Labute approximate surface area is 286 Å². The molecule has 0 bridgehead atoms. The van der Waals surface area contributed by atoms with Crippen molar-refractivity contribution < 1.29 is 40.7 Å². The Kier molecular flexibility index (Phi) is 9.32. The lowest BCUT2D eigenvalue weighted by atomic mass is 10.1. The topological polar surface area (TPSA) is 122 Å². The number of nitrogens with zero attached hydrogens (tertiary/aromatic N) is 6. The van der Waals surface area contributed by atoms with E-state index in [1.807, 2.05) is 18.2 Å². The summed E-state index contributed by atoms with van der Waals surface area (Å²) < 4.78 is 79.5. The molecule has 6 aromatic rings. The van der Waals surface area contributed by atoms with Crippen molar-refractivity contribution in [3.63, 3.8) is 0 Å². The fourth-order valence-corrected chi connectivity index (χ4v) is 5.53. The number of halogens is 5. The second-order valence-electron chi connectivity index (χ2n) is 11.7. The normalized spacial score (nSPS) is 14.0. The SMILES string of the molecule is O=C(c1cc2ccc(Oc3cnc(-c4nc(-c5ccc(C(F)(F)F)cc5)no4)cn3)cc2[nH]1)N1CCN(Cc2ccc(OCC(F)F)cc2)CC1. The van der Waals surface area contributed by atoms with E-state index in [-0.39, 0.29) is 29.2 Å². The van der Waals surface area contributed by atoms with Crippen LogP contribution < -0.4 is 9.47 Å². The maximum atomic E-state index is 13.3. The monoisotopic (exact) mass is 705 g/mol. The molecule has 1 amide bonds. The molecular formula is C35H28F5N7O4. The molecule has 1 aliphatic heterocycles. The van der Waals surface area contributed by atoms with Crippen molar-refractivity contribution in [2.24, 2.45) is 0 Å². The highest BCUT2D eigenvalue weighted by Gasteiger charge is 2.30. The van der Waals surface area contributed by atoms with Crippen LogP contribution in [-0.2, 0) is 12.7 Å². The van der Waals surface area contributed by atoms with Crippen LogP contribution >= 0.6 is 0 Å². The number of alkyl halides is 5. The number of fused-ring (bicyclic) bond motifs is 1. The molecule has 0 saturated carbocycles. The summed E-state index contributed by atoms with van der Waals surface area (Å²) in [7, 11) is 0. The highest BCUT2D eigenvalue weighted by molar-refractivity contribution is 5.98. The van der Waals surface area contributed by atoms with E-state index in [0.717, 1.165) is 23.1 Å². The third-order valence-electron chi connectivity index (χ3n) is 8.16. The minimum Gasteiger partial charge on any atom is -0.488 e. The standard InChI is InChI=1S/C35H28F5N7O4/c36-30(37)20-49-25-8-1-21(2-9-25)19-46-11-13-47(14-12-46)34(48)28-15-23-5-10-26(16-27(23)43-28)50-31-18-41-29(17-42-31)33-44-32(45-51-33)22-3-6-24(7-4-22)35(38,39)40/h1-10,15-18,30,43H,11-14,19-20H2. The van der Waals surface area contributed by atoms with E-state index in [9.17, 15) is 26.7 Å². The van der Waals surface area contributed by atoms with Crippen molar-refractivity contribution in [3.8, 4) is 40.4 Å². The van der Waals surface area contributed by atoms with Gasteiger partial charge in [0.2, 0.25) is 11.7 Å². The number of H-pyrrole nitrogens is 1. The molecule has 1 N–H and O–H groups in total. The fourth-order valence-electron chi connectivity index (χ4n) is 5.53. The molecule has 262 valence electrons. The Morgan fingerprint density at radius 2 is 1.65 bits per heavy atom. The number of benzene rings is 3. The summed E-state index contributed by atoms with van der Waals surface area (Å²) in [5, 5.41) is 4.65. The summed E-state index contributed by atoms with van der Waals surface area (Å²) in [6.45, 7) is 2.49. The predicted octanol–water partition coefficient (Wildman–Crippen LogP) is 7.09. The highest BCUT2D eigenvalue weighted by atomic mass is 19.4. The summed E-state index contributed by atoms with van der Waals surface area (Å²) in [5.74, 6) is 1.05. The molecule has 1 aliphatic rings. The largest absolute Gasteiger partial charge is 0.488 e. The molecule has 1 saturated heterocycles. The molecule has 0 spiro atoms. The molecule has 1 fully saturated rings. The lowest BCUT2D eigenvalue weighted by molar-refractivity contribution is -0.137. The van der Waals surface area contributed by atoms with Crippen LogP contribution in [0.3, 0.4) is 0 Å². The van der Waals surface area contributed by atoms with E-state index in [0.29, 0.717) is 61.0 Å². The van der Waals surface area contributed by atoms with Crippen molar-refractivity contribution in [1.29, 1.82) is 0 Å². The van der Waals surface area contributed by atoms with Crippen molar-refractivity contribution in [2.75, 3.05) is 32.8 Å². The van der Waals surface area contributed by atoms with E-state index < -0.39 is 24.8 Å². The number of amides is 1. The maximum absolute atomic E-state index is 13.3. The minimum atomic E-state index is -4.45. The van der Waals surface area contributed by atoms with Crippen LogP contribution in [0.2, 0.25) is 0 Å². The molecule has 0 unspecified atom stereocenters. The smallest absolute Gasteiger partial charge is 0.416 e. The number of carbonyl (C=O) groups is 1. The lowest BCUT2D eigenvalue weighted by Crippen LogP contribution is -2.48. The number of piperazine rings is 1. The molecule has 16 heteroatoms. The number of hydrogen-bond acceptors (Lipinski definition) is 9. The first-order valence-corrected chi connectivity index (χ1v) is 15.7. The van der Waals surface area contributed by atoms with Gasteiger partial charge < -0.3 is 23.9 Å². The van der Waals surface area contributed by atoms with E-state index in [1.54, 1.807) is 35.2 Å². The van der Waals surface area contributed by atoms with Crippen molar-refractivity contribution in [2.45, 2.75) is 19.1 Å². The van der Waals surface area contributed by atoms with Gasteiger partial charge in [-0.3, -0.25) is 9.69 Å². The first-order chi connectivity index (χ1) is 24.6. The molecule has 3 aromatic heterocycles. The average molecular weight is 706 g/mol. The Bertz CT molecular complexity index is 2110. The number of aromatic amines is 1. The summed E-state index contributed by atoms with van der Waals surface area (Å²) in [4.78, 5) is 33.3. The van der Waals surface area contributed by atoms with Crippen LogP contribution in [-0.4, -0.2) is 80.0 Å². The Hall–Kier alpha value is -5.90. The molecule has 7 rings (SSSR count). The minimum absolute atomic E-state index is 0.0300. The zero-order valence-electron chi connectivity index (χ0n) is 26.6. The molecule has 0 radical (unpaired) electrons. The third kappa shape index (κ3) is 7.96. The van der Waals surface area contributed by atoms with E-state index in [2.05, 4.69) is 30.0 Å². The first-order valence-electron chi connectivity index (χ1n) is 15.7. The average Bonchev–Trinajstić information content (AvgIpc) is 3.80. The van der Waals surface area contributed by atoms with Gasteiger partial charge in [0.15, 0.2) is 0 Å². The molecule has 0 atom stereocenters. The third-order valence-corrected chi connectivity index (χ3v) is 8.16. The van der Waals surface area contributed by atoms with Crippen LogP contribution in [0.1, 0.15) is 21.6 Å². The van der Waals surface area contributed by atoms with Gasteiger partial charge in [-0.15, -0.1) is 0 Å². The van der Waals surface area contributed by atoms with Crippen molar-refractivity contribution in [3.05, 3.63) is 102 Å². The second-order valence-corrected chi connectivity index (χ2v) is 11.7. The molecule has 51 heavy (non-hydrogen) atoms. The van der Waals surface area contributed by atoms with Gasteiger partial charge >= 0.3 is 6.18 Å². The quantitative estimate of drug-likeness (QED) is 0.149. The molecule has 11 nitrogen and oxygen atoms in total. The number of carbonyl (C=O) groups excluding carboxylic acids is 1. The van der Waals surface area contributed by atoms with Crippen LogP contribution in [0, 0.1) is 0 Å². The Morgan fingerprint density at radius 1 is 0.902 bits per heavy atom. The zero-order valence-corrected chi connectivity index (χ0v) is 26.6. The van der Waals surface area contributed by atoms with Gasteiger partial charge in [-0.05, 0) is 48.0 Å². The van der Waals surface area contributed by atoms with Crippen molar-refractivity contribution in [1.82, 2.24) is 34.9 Å². The summed E-state index contributed by atoms with van der Waals surface area (Å²) >= 11 is 0. The van der Waals surface area contributed by atoms with Gasteiger partial charge in [0.25, 0.3) is 18.2 Å². The van der Waals surface area contributed by atoms with E-state index >= 15 is 0 Å². The number of aromatic nitrogens is 5. The van der Waals surface area contributed by atoms with Gasteiger partial charge in [0, 0.05) is 55.3 Å². The predicted molar refractivity (Wildman–Crippen MR) is 173 cm³/mol. The Morgan fingerprint density at radius 3 is 2.33 bits per heavy atom. The van der Waals surface area contributed by atoms with Crippen molar-refractivity contribution >= 4 is 16.8 Å². The Balaban J connectivity index is 0.930. The van der Waals surface area contributed by atoms with Gasteiger partial charge in [-0.25, -0.2) is 18.7 Å². The summed E-state index contributed by atoms with van der Waals surface area (Å²) in [5.41, 5.74) is 1.98. The van der Waals surface area contributed by atoms with Crippen LogP contribution in [0.5, 0.6) is 17.4 Å². The van der Waals surface area contributed by atoms with Gasteiger partial charge in [0.05, 0.1) is 18.0 Å². The number of rotatable bonds is 10. The lowest BCUT2D eigenvalue weighted by Gasteiger charge is -2.34. The number of nitrogens with one attached hydrogen (secondary N) is 1. The van der Waals surface area contributed by atoms with Gasteiger partial charge in [-0.1, -0.05) is 29.4 Å². The number of ether oxygens (including phenoxy) is 2. The summed E-state index contributed by atoms with van der Waals surface area (Å²) in [6, 6.07) is 18.6.